The van der Waals surface area contributed by atoms with E-state index in [0.717, 1.165) is 29.8 Å². The molecular formula is C17H21ClN4O. The zero-order chi connectivity index (χ0) is 16.2. The van der Waals surface area contributed by atoms with Gasteiger partial charge in [-0.1, -0.05) is 29.8 Å². The number of rotatable bonds is 7. The smallest absolute Gasteiger partial charge is 0.223 e. The Morgan fingerprint density at radius 3 is 2.87 bits per heavy atom. The van der Waals surface area contributed by atoms with Crippen LogP contribution in [0.5, 0.6) is 0 Å². The molecule has 2 aromatic rings. The van der Waals surface area contributed by atoms with Crippen LogP contribution in [0.2, 0.25) is 5.02 Å². The van der Waals surface area contributed by atoms with Crippen LogP contribution >= 0.6 is 11.6 Å². The maximum atomic E-state index is 12.7. The number of aryl methyl sites for hydroxylation is 1. The fraction of sp³-hybridized carbons (Fsp3) is 0.471. The first-order valence-electron chi connectivity index (χ1n) is 8.05. The van der Waals surface area contributed by atoms with Gasteiger partial charge in [0.15, 0.2) is 0 Å². The number of aromatic nitrogens is 3. The van der Waals surface area contributed by atoms with E-state index in [9.17, 15) is 4.79 Å². The van der Waals surface area contributed by atoms with Gasteiger partial charge in [0, 0.05) is 24.0 Å². The summed E-state index contributed by atoms with van der Waals surface area (Å²) in [7, 11) is 0. The van der Waals surface area contributed by atoms with Crippen LogP contribution in [-0.4, -0.2) is 31.6 Å². The maximum absolute atomic E-state index is 12.7. The van der Waals surface area contributed by atoms with Gasteiger partial charge in [-0.3, -0.25) is 9.48 Å². The summed E-state index contributed by atoms with van der Waals surface area (Å²) in [6, 6.07) is 8.15. The number of amides is 1. The summed E-state index contributed by atoms with van der Waals surface area (Å²) in [6.07, 6.45) is 6.65. The molecule has 1 aliphatic carbocycles. The van der Waals surface area contributed by atoms with E-state index in [4.69, 9.17) is 11.6 Å². The third-order valence-electron chi connectivity index (χ3n) is 4.25. The fourth-order valence-corrected chi connectivity index (χ4v) is 3.22. The molecule has 1 atom stereocenters. The molecule has 1 aromatic heterocycles. The first-order valence-corrected chi connectivity index (χ1v) is 8.42. The van der Waals surface area contributed by atoms with Crippen molar-refractivity contribution < 1.29 is 4.79 Å². The lowest BCUT2D eigenvalue weighted by Crippen LogP contribution is -2.35. The number of halogens is 1. The van der Waals surface area contributed by atoms with E-state index in [-0.39, 0.29) is 11.9 Å². The van der Waals surface area contributed by atoms with Crippen LogP contribution in [0.4, 0.5) is 0 Å². The molecule has 0 unspecified atom stereocenters. The second-order valence-electron chi connectivity index (χ2n) is 5.99. The monoisotopic (exact) mass is 332 g/mol. The normalized spacial score (nSPS) is 15.4. The minimum absolute atomic E-state index is 0.00932. The molecule has 0 spiro atoms. The van der Waals surface area contributed by atoms with Crippen LogP contribution < -0.4 is 0 Å². The Bertz CT molecular complexity index is 654. The minimum atomic E-state index is 0.00932. The quantitative estimate of drug-likeness (QED) is 0.780. The third-order valence-corrected chi connectivity index (χ3v) is 4.59. The van der Waals surface area contributed by atoms with E-state index in [2.05, 4.69) is 17.0 Å². The van der Waals surface area contributed by atoms with Gasteiger partial charge in [0.25, 0.3) is 0 Å². The molecule has 1 fully saturated rings. The SMILES string of the molecule is C[C@@H](c1ccccc1Cl)N(C(=O)CCCn1cncn1)C1CC1. The molecule has 1 aromatic carbocycles. The summed E-state index contributed by atoms with van der Waals surface area (Å²) in [6.45, 7) is 2.78. The number of benzene rings is 1. The summed E-state index contributed by atoms with van der Waals surface area (Å²) in [5, 5.41) is 4.79. The van der Waals surface area contributed by atoms with Crippen LogP contribution in [0.25, 0.3) is 0 Å². The second kappa shape index (κ2) is 7.13. The molecule has 0 N–H and O–H groups in total. The molecular weight excluding hydrogens is 312 g/mol. The van der Waals surface area contributed by atoms with E-state index in [1.54, 1.807) is 11.0 Å². The van der Waals surface area contributed by atoms with Crippen molar-refractivity contribution in [2.75, 3.05) is 0 Å². The number of hydrogen-bond donors (Lipinski definition) is 0. The lowest BCUT2D eigenvalue weighted by atomic mass is 10.1. The summed E-state index contributed by atoms with van der Waals surface area (Å²) in [5.41, 5.74) is 1.02. The van der Waals surface area contributed by atoms with Gasteiger partial charge < -0.3 is 4.90 Å². The van der Waals surface area contributed by atoms with Crippen molar-refractivity contribution in [2.45, 2.75) is 51.2 Å². The van der Waals surface area contributed by atoms with Gasteiger partial charge in [0.2, 0.25) is 5.91 Å². The summed E-state index contributed by atoms with van der Waals surface area (Å²) >= 11 is 6.31. The number of hydrogen-bond acceptors (Lipinski definition) is 3. The summed E-state index contributed by atoms with van der Waals surface area (Å²) < 4.78 is 1.76. The van der Waals surface area contributed by atoms with Gasteiger partial charge in [-0.15, -0.1) is 0 Å². The first-order chi connectivity index (χ1) is 11.2. The molecule has 0 aliphatic heterocycles. The van der Waals surface area contributed by atoms with E-state index < -0.39 is 0 Å². The van der Waals surface area contributed by atoms with Crippen molar-refractivity contribution in [2.24, 2.45) is 0 Å². The van der Waals surface area contributed by atoms with Crippen molar-refractivity contribution in [3.63, 3.8) is 0 Å². The molecule has 3 rings (SSSR count). The fourth-order valence-electron chi connectivity index (χ4n) is 2.92. The molecule has 0 bridgehead atoms. The number of carbonyl (C=O) groups excluding carboxylic acids is 1. The topological polar surface area (TPSA) is 51.0 Å². The Kier molecular flexibility index (Phi) is 4.96. The lowest BCUT2D eigenvalue weighted by molar-refractivity contribution is -0.134. The van der Waals surface area contributed by atoms with Gasteiger partial charge in [-0.2, -0.15) is 5.10 Å². The molecule has 6 heteroatoms. The van der Waals surface area contributed by atoms with Crippen LogP contribution in [0.1, 0.15) is 44.2 Å². The van der Waals surface area contributed by atoms with Crippen LogP contribution in [0, 0.1) is 0 Å². The van der Waals surface area contributed by atoms with Crippen LogP contribution in [0.15, 0.2) is 36.9 Å². The highest BCUT2D eigenvalue weighted by molar-refractivity contribution is 6.31. The molecule has 122 valence electrons. The van der Waals surface area contributed by atoms with Crippen molar-refractivity contribution in [1.82, 2.24) is 19.7 Å². The molecule has 1 heterocycles. The average Bonchev–Trinajstić information content (AvgIpc) is 3.22. The maximum Gasteiger partial charge on any atom is 0.223 e. The Labute approximate surface area is 141 Å². The van der Waals surface area contributed by atoms with Gasteiger partial charge in [0.1, 0.15) is 12.7 Å². The highest BCUT2D eigenvalue weighted by Crippen LogP contribution is 2.37. The van der Waals surface area contributed by atoms with E-state index in [1.807, 2.05) is 29.2 Å². The van der Waals surface area contributed by atoms with Gasteiger partial charge in [-0.25, -0.2) is 4.98 Å². The number of carbonyl (C=O) groups is 1. The first kappa shape index (κ1) is 16.0. The van der Waals surface area contributed by atoms with Gasteiger partial charge >= 0.3 is 0 Å². The molecule has 5 nitrogen and oxygen atoms in total. The minimum Gasteiger partial charge on any atom is -0.333 e. The zero-order valence-corrected chi connectivity index (χ0v) is 14.0. The highest BCUT2D eigenvalue weighted by Gasteiger charge is 2.36. The number of nitrogens with zero attached hydrogens (tertiary/aromatic N) is 4. The van der Waals surface area contributed by atoms with Crippen molar-refractivity contribution >= 4 is 17.5 Å². The predicted octanol–water partition coefficient (Wildman–Crippen LogP) is 3.46. The zero-order valence-electron chi connectivity index (χ0n) is 13.2. The van der Waals surface area contributed by atoms with Crippen LogP contribution in [-0.2, 0) is 11.3 Å². The highest BCUT2D eigenvalue weighted by atomic mass is 35.5. The molecule has 1 saturated carbocycles. The van der Waals surface area contributed by atoms with E-state index >= 15 is 0 Å². The second-order valence-corrected chi connectivity index (χ2v) is 6.40. The van der Waals surface area contributed by atoms with Gasteiger partial charge in [0.05, 0.1) is 6.04 Å². The van der Waals surface area contributed by atoms with Crippen molar-refractivity contribution in [3.8, 4) is 0 Å². The van der Waals surface area contributed by atoms with E-state index in [1.165, 1.54) is 6.33 Å². The summed E-state index contributed by atoms with van der Waals surface area (Å²) in [4.78, 5) is 18.6. The van der Waals surface area contributed by atoms with E-state index in [0.29, 0.717) is 19.0 Å². The molecule has 0 radical (unpaired) electrons. The molecule has 1 aliphatic rings. The molecule has 0 saturated heterocycles. The Morgan fingerprint density at radius 1 is 1.43 bits per heavy atom. The largest absolute Gasteiger partial charge is 0.333 e. The summed E-state index contributed by atoms with van der Waals surface area (Å²) in [5.74, 6) is 0.194. The average molecular weight is 333 g/mol. The molecule has 23 heavy (non-hydrogen) atoms. The van der Waals surface area contributed by atoms with Crippen molar-refractivity contribution in [1.29, 1.82) is 0 Å². The Morgan fingerprint density at radius 2 is 2.22 bits per heavy atom. The Hall–Kier alpha value is -1.88. The Balaban J connectivity index is 1.64. The molecule has 1 amide bonds. The predicted molar refractivity (Wildman–Crippen MR) is 89.0 cm³/mol. The lowest BCUT2D eigenvalue weighted by Gasteiger charge is -2.30. The van der Waals surface area contributed by atoms with Crippen molar-refractivity contribution in [3.05, 3.63) is 47.5 Å². The van der Waals surface area contributed by atoms with Gasteiger partial charge in [-0.05, 0) is 37.8 Å². The third kappa shape index (κ3) is 3.91. The standard InChI is InChI=1S/C17H21ClN4O/c1-13(15-5-2-3-6-16(15)18)22(14-8-9-14)17(23)7-4-10-21-12-19-11-20-21/h2-3,5-6,11-14H,4,7-10H2,1H3/t13-/m0/s1. The van der Waals surface area contributed by atoms with Crippen LogP contribution in [0.3, 0.4) is 0 Å².